The van der Waals surface area contributed by atoms with Gasteiger partial charge < -0.3 is 4.74 Å². The molecular weight excluding hydrogens is 354 g/mol. The Morgan fingerprint density at radius 2 is 1.93 bits per heavy atom. The quantitative estimate of drug-likeness (QED) is 0.400. The molecular formula is C21H15N5O2. The highest BCUT2D eigenvalue weighted by atomic mass is 16.5. The number of fused-ring (bicyclic) bond motifs is 1. The third kappa shape index (κ3) is 3.27. The topological polar surface area (TPSA) is 74.3 Å². The fraction of sp³-hybridized carbons (Fsp3) is 0.0476. The molecule has 0 radical (unpaired) electrons. The van der Waals surface area contributed by atoms with Crippen LogP contribution in [0, 0.1) is 12.3 Å². The van der Waals surface area contributed by atoms with E-state index in [1.807, 2.05) is 48.5 Å². The third-order valence-corrected chi connectivity index (χ3v) is 4.02. The van der Waals surface area contributed by atoms with Crippen LogP contribution >= 0.6 is 0 Å². The van der Waals surface area contributed by atoms with Gasteiger partial charge in [0.2, 0.25) is 0 Å². The average Bonchev–Trinajstić information content (AvgIpc) is 3.18. The zero-order valence-corrected chi connectivity index (χ0v) is 14.8. The fourth-order valence-corrected chi connectivity index (χ4v) is 2.71. The highest BCUT2D eigenvalue weighted by Gasteiger charge is 2.11. The number of rotatable bonds is 5. The maximum absolute atomic E-state index is 12.7. The minimum Gasteiger partial charge on any atom is -0.480 e. The van der Waals surface area contributed by atoms with E-state index in [-0.39, 0.29) is 12.2 Å². The molecule has 0 aliphatic carbocycles. The highest BCUT2D eigenvalue weighted by Crippen LogP contribution is 2.16. The molecule has 0 spiro atoms. The largest absolute Gasteiger partial charge is 0.480 e. The van der Waals surface area contributed by atoms with Crippen LogP contribution < -0.4 is 10.3 Å². The van der Waals surface area contributed by atoms with E-state index in [4.69, 9.17) is 11.2 Å². The minimum absolute atomic E-state index is 0.150. The van der Waals surface area contributed by atoms with Gasteiger partial charge in [0.1, 0.15) is 24.1 Å². The molecule has 4 aromatic rings. The second-order valence-electron chi connectivity index (χ2n) is 5.80. The van der Waals surface area contributed by atoms with Gasteiger partial charge in [-0.2, -0.15) is 14.9 Å². The maximum Gasteiger partial charge on any atom is 0.285 e. The van der Waals surface area contributed by atoms with Gasteiger partial charge in [-0.05, 0) is 24.3 Å². The Bertz CT molecular complexity index is 1250. The van der Waals surface area contributed by atoms with E-state index in [9.17, 15) is 4.79 Å². The van der Waals surface area contributed by atoms with Crippen LogP contribution in [0.25, 0.3) is 16.7 Å². The Kier molecular flexibility index (Phi) is 4.68. The van der Waals surface area contributed by atoms with E-state index < -0.39 is 0 Å². The Morgan fingerprint density at radius 1 is 1.14 bits per heavy atom. The molecule has 4 rings (SSSR count). The monoisotopic (exact) mass is 369 g/mol. The molecule has 2 aromatic heterocycles. The van der Waals surface area contributed by atoms with E-state index in [0.717, 1.165) is 10.4 Å². The summed E-state index contributed by atoms with van der Waals surface area (Å²) in [6.07, 6.45) is 9.63. The minimum atomic E-state index is -0.314. The van der Waals surface area contributed by atoms with E-state index >= 15 is 0 Å². The Labute approximate surface area is 160 Å². The van der Waals surface area contributed by atoms with Crippen molar-refractivity contribution in [3.8, 4) is 23.8 Å². The smallest absolute Gasteiger partial charge is 0.285 e. The number of nitrogens with zero attached hydrogens (tertiary/aromatic N) is 5. The molecule has 2 aromatic carbocycles. The Morgan fingerprint density at radius 3 is 2.75 bits per heavy atom. The van der Waals surface area contributed by atoms with Crippen molar-refractivity contribution < 1.29 is 4.74 Å². The van der Waals surface area contributed by atoms with Crippen LogP contribution in [0.1, 0.15) is 5.56 Å². The van der Waals surface area contributed by atoms with Gasteiger partial charge in [-0.3, -0.25) is 4.79 Å². The van der Waals surface area contributed by atoms with Gasteiger partial charge in [-0.1, -0.05) is 36.3 Å². The highest BCUT2D eigenvalue weighted by molar-refractivity contribution is 5.83. The van der Waals surface area contributed by atoms with Crippen molar-refractivity contribution in [3.63, 3.8) is 0 Å². The molecule has 136 valence electrons. The molecule has 28 heavy (non-hydrogen) atoms. The lowest BCUT2D eigenvalue weighted by Crippen LogP contribution is -2.17. The van der Waals surface area contributed by atoms with E-state index in [1.54, 1.807) is 10.7 Å². The van der Waals surface area contributed by atoms with Gasteiger partial charge in [0.05, 0.1) is 18.1 Å². The Hall–Kier alpha value is -4.18. The first-order chi connectivity index (χ1) is 13.8. The van der Waals surface area contributed by atoms with Crippen LogP contribution in [0.4, 0.5) is 0 Å². The van der Waals surface area contributed by atoms with Crippen LogP contribution in [0.5, 0.6) is 5.75 Å². The number of terminal acetylenes is 1. The summed E-state index contributed by atoms with van der Waals surface area (Å²) < 4.78 is 8.27. The maximum atomic E-state index is 12.7. The summed E-state index contributed by atoms with van der Waals surface area (Å²) in [6.45, 7) is 0.150. The van der Waals surface area contributed by atoms with Gasteiger partial charge in [0.25, 0.3) is 5.56 Å². The summed E-state index contributed by atoms with van der Waals surface area (Å²) in [5.41, 5.74) is 1.68. The van der Waals surface area contributed by atoms with Crippen molar-refractivity contribution in [3.05, 3.63) is 83.0 Å². The molecule has 0 unspecified atom stereocenters. The first-order valence-corrected chi connectivity index (χ1v) is 8.48. The molecule has 0 saturated heterocycles. The van der Waals surface area contributed by atoms with Crippen molar-refractivity contribution >= 4 is 17.2 Å². The molecule has 0 saturated carbocycles. The first kappa shape index (κ1) is 17.2. The van der Waals surface area contributed by atoms with Crippen molar-refractivity contribution in [2.24, 2.45) is 5.10 Å². The van der Waals surface area contributed by atoms with Crippen molar-refractivity contribution in [2.75, 3.05) is 6.61 Å². The van der Waals surface area contributed by atoms with E-state index in [2.05, 4.69) is 21.1 Å². The number of hydrogen-bond donors (Lipinski definition) is 0. The molecule has 2 heterocycles. The second-order valence-corrected chi connectivity index (χ2v) is 5.80. The predicted molar refractivity (Wildman–Crippen MR) is 107 cm³/mol. The molecule has 0 N–H and O–H groups in total. The average molecular weight is 369 g/mol. The molecule has 0 fully saturated rings. The zero-order valence-electron chi connectivity index (χ0n) is 14.8. The van der Waals surface area contributed by atoms with Gasteiger partial charge in [-0.15, -0.1) is 6.42 Å². The SMILES string of the molecule is C#CCOc1ccccc1/C=N\n1cnc2c(cnn2-c2ccccc2)c1=O. The molecule has 0 bridgehead atoms. The summed E-state index contributed by atoms with van der Waals surface area (Å²) in [6, 6.07) is 16.8. The third-order valence-electron chi connectivity index (χ3n) is 4.02. The molecule has 7 nitrogen and oxygen atoms in total. The van der Waals surface area contributed by atoms with Crippen LogP contribution in [-0.2, 0) is 0 Å². The lowest BCUT2D eigenvalue weighted by atomic mass is 10.2. The van der Waals surface area contributed by atoms with Gasteiger partial charge >= 0.3 is 0 Å². The zero-order chi connectivity index (χ0) is 19.3. The summed E-state index contributed by atoms with van der Waals surface area (Å²) >= 11 is 0. The number of benzene rings is 2. The molecule has 0 aliphatic rings. The molecule has 0 atom stereocenters. The standard InChI is InChI=1S/C21H15N5O2/c1-2-12-28-19-11-7-6-8-16(19)13-23-25-15-22-20-18(21(25)27)14-24-26(20)17-9-4-3-5-10-17/h1,3-11,13-15H,12H2/b23-13-. The van der Waals surface area contributed by atoms with Crippen molar-refractivity contribution in [1.82, 2.24) is 19.4 Å². The van der Waals surface area contributed by atoms with Gasteiger partial charge in [-0.25, -0.2) is 9.67 Å². The van der Waals surface area contributed by atoms with E-state index in [1.165, 1.54) is 18.7 Å². The molecule has 0 aliphatic heterocycles. The number of aromatic nitrogens is 4. The summed E-state index contributed by atoms with van der Waals surface area (Å²) in [4.78, 5) is 17.1. The van der Waals surface area contributed by atoms with Crippen LogP contribution in [0.2, 0.25) is 0 Å². The van der Waals surface area contributed by atoms with Gasteiger partial charge in [0, 0.05) is 5.56 Å². The summed E-state index contributed by atoms with van der Waals surface area (Å²) in [7, 11) is 0. The predicted octanol–water partition coefficient (Wildman–Crippen LogP) is 2.48. The van der Waals surface area contributed by atoms with E-state index in [0.29, 0.717) is 22.3 Å². The summed E-state index contributed by atoms with van der Waals surface area (Å²) in [5.74, 6) is 3.01. The lowest BCUT2D eigenvalue weighted by molar-refractivity contribution is 0.370. The lowest BCUT2D eigenvalue weighted by Gasteiger charge is -2.05. The summed E-state index contributed by atoms with van der Waals surface area (Å²) in [5, 5.41) is 8.88. The fourth-order valence-electron chi connectivity index (χ4n) is 2.71. The molecule has 0 amide bonds. The van der Waals surface area contributed by atoms with Gasteiger partial charge in [0.15, 0.2) is 5.65 Å². The van der Waals surface area contributed by atoms with Crippen LogP contribution in [0.15, 0.2) is 77.0 Å². The number of hydrogen-bond acceptors (Lipinski definition) is 5. The van der Waals surface area contributed by atoms with Crippen molar-refractivity contribution in [1.29, 1.82) is 0 Å². The number of ether oxygens (including phenoxy) is 1. The normalized spacial score (nSPS) is 11.0. The van der Waals surface area contributed by atoms with Crippen LogP contribution in [-0.4, -0.2) is 32.3 Å². The number of para-hydroxylation sites is 2. The second kappa shape index (κ2) is 7.60. The van der Waals surface area contributed by atoms with Crippen LogP contribution in [0.3, 0.4) is 0 Å². The molecule has 7 heteroatoms. The van der Waals surface area contributed by atoms with Crippen molar-refractivity contribution in [2.45, 2.75) is 0 Å². The Balaban J connectivity index is 1.70. The first-order valence-electron chi connectivity index (χ1n) is 8.48.